The Labute approximate surface area is 117 Å². The Balaban J connectivity index is 2.52. The zero-order valence-electron chi connectivity index (χ0n) is 11.2. The highest BCUT2D eigenvalue weighted by molar-refractivity contribution is 6.30. The minimum Gasteiger partial charge on any atom is -0.384 e. The van der Waals surface area contributed by atoms with Crippen molar-refractivity contribution in [3.05, 3.63) is 69.0 Å². The van der Waals surface area contributed by atoms with Crippen LogP contribution in [0.25, 0.3) is 0 Å². The molecule has 0 amide bonds. The molecule has 2 aromatic carbocycles. The Hall–Kier alpha value is -1.38. The van der Waals surface area contributed by atoms with Crippen LogP contribution >= 0.6 is 11.6 Å². The van der Waals surface area contributed by atoms with Crippen molar-refractivity contribution in [2.45, 2.75) is 26.9 Å². The van der Waals surface area contributed by atoms with E-state index in [1.165, 1.54) is 6.07 Å². The van der Waals surface area contributed by atoms with Crippen LogP contribution in [0.5, 0.6) is 0 Å². The Morgan fingerprint density at radius 1 is 1.00 bits per heavy atom. The molecule has 0 spiro atoms. The molecule has 0 aromatic heterocycles. The zero-order valence-corrected chi connectivity index (χ0v) is 11.9. The number of aryl methyl sites for hydroxylation is 3. The van der Waals surface area contributed by atoms with Gasteiger partial charge in [0.2, 0.25) is 0 Å². The Kier molecular flexibility index (Phi) is 3.93. The van der Waals surface area contributed by atoms with E-state index >= 15 is 0 Å². The molecular formula is C16H16ClFO. The summed E-state index contributed by atoms with van der Waals surface area (Å²) in [6.45, 7) is 5.52. The van der Waals surface area contributed by atoms with Gasteiger partial charge in [0, 0.05) is 10.6 Å². The molecule has 1 nitrogen and oxygen atoms in total. The molecule has 19 heavy (non-hydrogen) atoms. The third-order valence-corrected chi connectivity index (χ3v) is 3.35. The topological polar surface area (TPSA) is 20.2 Å². The second kappa shape index (κ2) is 5.32. The van der Waals surface area contributed by atoms with Crippen molar-refractivity contribution in [2.24, 2.45) is 0 Å². The first-order chi connectivity index (χ1) is 8.88. The molecule has 0 radical (unpaired) electrons. The predicted octanol–water partition coefficient (Wildman–Crippen LogP) is 4.49. The summed E-state index contributed by atoms with van der Waals surface area (Å²) in [6, 6.07) is 8.57. The summed E-state index contributed by atoms with van der Waals surface area (Å²) in [7, 11) is 0. The highest BCUT2D eigenvalue weighted by atomic mass is 35.5. The first kappa shape index (κ1) is 14.0. The monoisotopic (exact) mass is 278 g/mol. The maximum absolute atomic E-state index is 14.1. The summed E-state index contributed by atoms with van der Waals surface area (Å²) in [4.78, 5) is 0. The lowest BCUT2D eigenvalue weighted by Gasteiger charge is -2.16. The van der Waals surface area contributed by atoms with Gasteiger partial charge in [-0.25, -0.2) is 4.39 Å². The minimum absolute atomic E-state index is 0.312. The summed E-state index contributed by atoms with van der Waals surface area (Å²) in [6.07, 6.45) is -1.00. The van der Waals surface area contributed by atoms with E-state index in [-0.39, 0.29) is 5.82 Å². The third-order valence-electron chi connectivity index (χ3n) is 3.13. The number of halogens is 2. The maximum Gasteiger partial charge on any atom is 0.129 e. The van der Waals surface area contributed by atoms with Gasteiger partial charge in [0.25, 0.3) is 0 Å². The average molecular weight is 279 g/mol. The molecular weight excluding hydrogens is 263 g/mol. The van der Waals surface area contributed by atoms with Crippen LogP contribution in [-0.2, 0) is 0 Å². The molecule has 1 unspecified atom stereocenters. The second-order valence-corrected chi connectivity index (χ2v) is 5.38. The number of hydrogen-bond donors (Lipinski definition) is 1. The maximum atomic E-state index is 14.1. The molecule has 1 N–H and O–H groups in total. The molecule has 0 bridgehead atoms. The number of rotatable bonds is 2. The van der Waals surface area contributed by atoms with Crippen molar-refractivity contribution >= 4 is 11.6 Å². The van der Waals surface area contributed by atoms with Crippen molar-refractivity contribution in [2.75, 3.05) is 0 Å². The number of aliphatic hydroxyl groups excluding tert-OH is 1. The Morgan fingerprint density at radius 3 is 2.21 bits per heavy atom. The van der Waals surface area contributed by atoms with Gasteiger partial charge in [0.1, 0.15) is 11.9 Å². The fourth-order valence-electron chi connectivity index (χ4n) is 2.36. The SMILES string of the molecule is Cc1cc(Cl)cc(C(O)c2c(C)cc(C)cc2F)c1. The van der Waals surface area contributed by atoms with Gasteiger partial charge in [0.05, 0.1) is 0 Å². The largest absolute Gasteiger partial charge is 0.384 e. The van der Waals surface area contributed by atoms with E-state index in [1.54, 1.807) is 19.1 Å². The molecule has 3 heteroatoms. The van der Waals surface area contributed by atoms with Crippen molar-refractivity contribution in [1.82, 2.24) is 0 Å². The fourth-order valence-corrected chi connectivity index (χ4v) is 2.66. The van der Waals surface area contributed by atoms with E-state index in [0.717, 1.165) is 16.7 Å². The van der Waals surface area contributed by atoms with Crippen LogP contribution in [0.3, 0.4) is 0 Å². The van der Waals surface area contributed by atoms with E-state index in [0.29, 0.717) is 16.1 Å². The molecule has 100 valence electrons. The van der Waals surface area contributed by atoms with Gasteiger partial charge < -0.3 is 5.11 Å². The van der Waals surface area contributed by atoms with E-state index in [4.69, 9.17) is 11.6 Å². The minimum atomic E-state index is -1.00. The molecule has 2 rings (SSSR count). The summed E-state index contributed by atoms with van der Waals surface area (Å²) in [5.74, 6) is -0.386. The number of hydrogen-bond acceptors (Lipinski definition) is 1. The summed E-state index contributed by atoms with van der Waals surface area (Å²) in [5.41, 5.74) is 3.44. The molecule has 0 saturated carbocycles. The lowest BCUT2D eigenvalue weighted by atomic mass is 9.94. The fraction of sp³-hybridized carbons (Fsp3) is 0.250. The molecule has 0 aliphatic carbocycles. The van der Waals surface area contributed by atoms with Crippen LogP contribution in [0, 0.1) is 26.6 Å². The standard InChI is InChI=1S/C16H16ClFO/c1-9-4-11(3)15(14(18)7-9)16(19)12-5-10(2)6-13(17)8-12/h4-8,16,19H,1-3H3. The van der Waals surface area contributed by atoms with Gasteiger partial charge in [-0.1, -0.05) is 23.7 Å². The Bertz CT molecular complexity index is 579. The van der Waals surface area contributed by atoms with E-state index in [9.17, 15) is 9.50 Å². The lowest BCUT2D eigenvalue weighted by Crippen LogP contribution is -2.06. The molecule has 1 atom stereocenters. The third kappa shape index (κ3) is 2.96. The highest BCUT2D eigenvalue weighted by Gasteiger charge is 2.18. The second-order valence-electron chi connectivity index (χ2n) is 4.94. The van der Waals surface area contributed by atoms with Crippen LogP contribution in [0.15, 0.2) is 30.3 Å². The first-order valence-corrected chi connectivity index (χ1v) is 6.48. The molecule has 0 aliphatic heterocycles. The zero-order chi connectivity index (χ0) is 14.2. The summed E-state index contributed by atoms with van der Waals surface area (Å²) >= 11 is 5.98. The molecule has 2 aromatic rings. The van der Waals surface area contributed by atoms with Crippen LogP contribution in [0.4, 0.5) is 4.39 Å². The van der Waals surface area contributed by atoms with Gasteiger partial charge in [-0.2, -0.15) is 0 Å². The molecule has 0 aliphatic rings. The molecule has 0 fully saturated rings. The van der Waals surface area contributed by atoms with Gasteiger partial charge in [-0.3, -0.25) is 0 Å². The predicted molar refractivity (Wildman–Crippen MR) is 76.1 cm³/mol. The van der Waals surface area contributed by atoms with Crippen LogP contribution < -0.4 is 0 Å². The smallest absolute Gasteiger partial charge is 0.129 e. The van der Waals surface area contributed by atoms with Gasteiger partial charge >= 0.3 is 0 Å². The van der Waals surface area contributed by atoms with Gasteiger partial charge in [-0.05, 0) is 61.2 Å². The quantitative estimate of drug-likeness (QED) is 0.858. The van der Waals surface area contributed by atoms with Gasteiger partial charge in [-0.15, -0.1) is 0 Å². The van der Waals surface area contributed by atoms with Crippen LogP contribution in [-0.4, -0.2) is 5.11 Å². The van der Waals surface area contributed by atoms with Crippen molar-refractivity contribution < 1.29 is 9.50 Å². The lowest BCUT2D eigenvalue weighted by molar-refractivity contribution is 0.214. The normalized spacial score (nSPS) is 12.5. The van der Waals surface area contributed by atoms with Gasteiger partial charge in [0.15, 0.2) is 0 Å². The van der Waals surface area contributed by atoms with E-state index in [1.807, 2.05) is 26.0 Å². The Morgan fingerprint density at radius 2 is 1.63 bits per heavy atom. The van der Waals surface area contributed by atoms with Crippen molar-refractivity contribution in [3.63, 3.8) is 0 Å². The number of aliphatic hydroxyl groups is 1. The first-order valence-electron chi connectivity index (χ1n) is 6.10. The highest BCUT2D eigenvalue weighted by Crippen LogP contribution is 2.30. The number of benzene rings is 2. The summed E-state index contributed by atoms with van der Waals surface area (Å²) in [5, 5.41) is 10.9. The van der Waals surface area contributed by atoms with Crippen molar-refractivity contribution in [1.29, 1.82) is 0 Å². The van der Waals surface area contributed by atoms with E-state index in [2.05, 4.69) is 0 Å². The summed E-state index contributed by atoms with van der Waals surface area (Å²) < 4.78 is 14.1. The molecule has 0 heterocycles. The average Bonchev–Trinajstić information content (AvgIpc) is 2.25. The molecule has 0 saturated heterocycles. The van der Waals surface area contributed by atoms with E-state index < -0.39 is 6.10 Å². The van der Waals surface area contributed by atoms with Crippen molar-refractivity contribution in [3.8, 4) is 0 Å². The van der Waals surface area contributed by atoms with Crippen LogP contribution in [0.2, 0.25) is 5.02 Å². The van der Waals surface area contributed by atoms with Crippen LogP contribution in [0.1, 0.15) is 33.9 Å².